The zero-order valence-corrected chi connectivity index (χ0v) is 10.4. The van der Waals surface area contributed by atoms with E-state index in [4.69, 9.17) is 4.74 Å². The highest BCUT2D eigenvalue weighted by molar-refractivity contribution is 9.10. The van der Waals surface area contributed by atoms with Crippen molar-refractivity contribution in [2.75, 3.05) is 6.61 Å². The van der Waals surface area contributed by atoms with Crippen molar-refractivity contribution in [2.24, 2.45) is 0 Å². The van der Waals surface area contributed by atoms with Gasteiger partial charge in [-0.3, -0.25) is 0 Å². The van der Waals surface area contributed by atoms with Crippen LogP contribution in [0.15, 0.2) is 22.7 Å². The molecule has 1 aliphatic rings. The molecule has 2 rings (SSSR count). The van der Waals surface area contributed by atoms with Crippen molar-refractivity contribution in [3.05, 3.63) is 28.2 Å². The predicted molar refractivity (Wildman–Crippen MR) is 63.1 cm³/mol. The lowest BCUT2D eigenvalue weighted by molar-refractivity contribution is -0.0394. The number of hydrogen-bond donors (Lipinski definition) is 1. The largest absolute Gasteiger partial charge is 0.494 e. The van der Waals surface area contributed by atoms with Gasteiger partial charge in [0, 0.05) is 4.47 Å². The van der Waals surface area contributed by atoms with Gasteiger partial charge < -0.3 is 9.84 Å². The lowest BCUT2D eigenvalue weighted by Gasteiger charge is -2.37. The molecule has 0 heterocycles. The van der Waals surface area contributed by atoms with E-state index < -0.39 is 5.60 Å². The summed E-state index contributed by atoms with van der Waals surface area (Å²) in [6.45, 7) is 2.62. The van der Waals surface area contributed by atoms with E-state index in [2.05, 4.69) is 15.9 Å². The van der Waals surface area contributed by atoms with E-state index >= 15 is 0 Å². The lowest BCUT2D eigenvalue weighted by atomic mass is 9.75. The Hall–Kier alpha value is -0.540. The average molecular weight is 271 g/mol. The van der Waals surface area contributed by atoms with Gasteiger partial charge in [-0.1, -0.05) is 22.0 Å². The summed E-state index contributed by atoms with van der Waals surface area (Å²) < 4.78 is 6.33. The Morgan fingerprint density at radius 3 is 2.67 bits per heavy atom. The van der Waals surface area contributed by atoms with Crippen LogP contribution in [0, 0.1) is 0 Å². The van der Waals surface area contributed by atoms with E-state index in [9.17, 15) is 5.11 Å². The third kappa shape index (κ3) is 2.04. The van der Waals surface area contributed by atoms with E-state index in [0.717, 1.165) is 35.0 Å². The van der Waals surface area contributed by atoms with Gasteiger partial charge in [-0.25, -0.2) is 0 Å². The molecule has 15 heavy (non-hydrogen) atoms. The number of rotatable bonds is 3. The molecule has 1 fully saturated rings. The first-order valence-corrected chi connectivity index (χ1v) is 6.10. The minimum absolute atomic E-state index is 0.608. The first kappa shape index (κ1) is 11.0. The molecule has 1 aromatic carbocycles. The van der Waals surface area contributed by atoms with E-state index in [1.807, 2.05) is 25.1 Å². The SMILES string of the molecule is CCOc1ccc(C2(O)CCC2)c(Br)c1. The topological polar surface area (TPSA) is 29.5 Å². The quantitative estimate of drug-likeness (QED) is 0.914. The Morgan fingerprint density at radius 1 is 1.47 bits per heavy atom. The Kier molecular flexibility index (Phi) is 3.03. The Bertz CT molecular complexity index is 359. The van der Waals surface area contributed by atoms with Crippen molar-refractivity contribution >= 4 is 15.9 Å². The molecule has 0 unspecified atom stereocenters. The summed E-state index contributed by atoms with van der Waals surface area (Å²) in [5, 5.41) is 10.2. The van der Waals surface area contributed by atoms with Gasteiger partial charge >= 0.3 is 0 Å². The molecule has 0 atom stereocenters. The van der Waals surface area contributed by atoms with Crippen LogP contribution >= 0.6 is 15.9 Å². The Balaban J connectivity index is 2.26. The minimum Gasteiger partial charge on any atom is -0.494 e. The molecule has 2 nitrogen and oxygen atoms in total. The maximum absolute atomic E-state index is 10.2. The van der Waals surface area contributed by atoms with Crippen LogP contribution in [-0.4, -0.2) is 11.7 Å². The normalized spacial score (nSPS) is 18.3. The van der Waals surface area contributed by atoms with Gasteiger partial charge in [0.1, 0.15) is 5.75 Å². The first-order chi connectivity index (χ1) is 7.15. The van der Waals surface area contributed by atoms with Crippen molar-refractivity contribution in [2.45, 2.75) is 31.8 Å². The van der Waals surface area contributed by atoms with Gasteiger partial charge in [0.05, 0.1) is 12.2 Å². The fourth-order valence-electron chi connectivity index (χ4n) is 1.91. The minimum atomic E-state index is -0.608. The molecule has 3 heteroatoms. The van der Waals surface area contributed by atoms with Crippen LogP contribution in [0.5, 0.6) is 5.75 Å². The number of hydrogen-bond acceptors (Lipinski definition) is 2. The summed E-state index contributed by atoms with van der Waals surface area (Å²) >= 11 is 3.49. The highest BCUT2D eigenvalue weighted by Gasteiger charge is 2.37. The van der Waals surface area contributed by atoms with Crippen LogP contribution in [0.25, 0.3) is 0 Å². The van der Waals surface area contributed by atoms with Crippen LogP contribution in [0.4, 0.5) is 0 Å². The van der Waals surface area contributed by atoms with E-state index in [0.29, 0.717) is 6.61 Å². The fourth-order valence-corrected chi connectivity index (χ4v) is 2.64. The number of benzene rings is 1. The van der Waals surface area contributed by atoms with Gasteiger partial charge in [-0.05, 0) is 43.9 Å². The van der Waals surface area contributed by atoms with Crippen molar-refractivity contribution in [3.8, 4) is 5.75 Å². The summed E-state index contributed by atoms with van der Waals surface area (Å²) in [4.78, 5) is 0. The predicted octanol–water partition coefficient (Wildman–Crippen LogP) is 3.22. The molecule has 0 radical (unpaired) electrons. The highest BCUT2D eigenvalue weighted by Crippen LogP contribution is 2.44. The Labute approximate surface area is 98.4 Å². The molecule has 0 amide bonds. The molecule has 0 aliphatic heterocycles. The molecular formula is C12H15BrO2. The third-order valence-corrected chi connectivity index (χ3v) is 3.59. The molecule has 1 N–H and O–H groups in total. The molecule has 0 aromatic heterocycles. The van der Waals surface area contributed by atoms with Crippen molar-refractivity contribution in [3.63, 3.8) is 0 Å². The number of ether oxygens (including phenoxy) is 1. The first-order valence-electron chi connectivity index (χ1n) is 5.31. The van der Waals surface area contributed by atoms with Gasteiger partial charge in [0.15, 0.2) is 0 Å². The van der Waals surface area contributed by atoms with E-state index in [1.165, 1.54) is 0 Å². The zero-order valence-electron chi connectivity index (χ0n) is 8.79. The maximum atomic E-state index is 10.2. The van der Waals surface area contributed by atoms with Gasteiger partial charge in [-0.15, -0.1) is 0 Å². The van der Waals surface area contributed by atoms with Crippen LogP contribution in [-0.2, 0) is 5.60 Å². The molecule has 0 saturated heterocycles. The smallest absolute Gasteiger partial charge is 0.120 e. The monoisotopic (exact) mass is 270 g/mol. The van der Waals surface area contributed by atoms with Crippen LogP contribution in [0.1, 0.15) is 31.7 Å². The summed E-state index contributed by atoms with van der Waals surface area (Å²) in [6, 6.07) is 5.79. The number of halogens is 1. The van der Waals surface area contributed by atoms with E-state index in [1.54, 1.807) is 0 Å². The second kappa shape index (κ2) is 4.14. The second-order valence-electron chi connectivity index (χ2n) is 3.96. The standard InChI is InChI=1S/C12H15BrO2/c1-2-15-9-4-5-10(11(13)8-9)12(14)6-3-7-12/h4-5,8,14H,2-3,6-7H2,1H3. The van der Waals surface area contributed by atoms with Gasteiger partial charge in [0.25, 0.3) is 0 Å². The molecule has 1 aromatic rings. The van der Waals surface area contributed by atoms with Gasteiger partial charge in [0.2, 0.25) is 0 Å². The van der Waals surface area contributed by atoms with Crippen molar-refractivity contribution in [1.82, 2.24) is 0 Å². The lowest BCUT2D eigenvalue weighted by Crippen LogP contribution is -2.33. The third-order valence-electron chi connectivity index (χ3n) is 2.93. The average Bonchev–Trinajstić information content (AvgIpc) is 2.15. The van der Waals surface area contributed by atoms with Crippen molar-refractivity contribution < 1.29 is 9.84 Å². The number of aliphatic hydroxyl groups is 1. The maximum Gasteiger partial charge on any atom is 0.120 e. The second-order valence-corrected chi connectivity index (χ2v) is 4.81. The Morgan fingerprint density at radius 2 is 2.20 bits per heavy atom. The molecule has 1 saturated carbocycles. The zero-order chi connectivity index (χ0) is 10.9. The highest BCUT2D eigenvalue weighted by atomic mass is 79.9. The summed E-state index contributed by atoms with van der Waals surface area (Å²) in [5.41, 5.74) is 0.376. The van der Waals surface area contributed by atoms with Crippen LogP contribution in [0.3, 0.4) is 0 Å². The molecule has 82 valence electrons. The van der Waals surface area contributed by atoms with Crippen molar-refractivity contribution in [1.29, 1.82) is 0 Å². The molecule has 1 aliphatic carbocycles. The summed E-state index contributed by atoms with van der Waals surface area (Å²) in [7, 11) is 0. The van der Waals surface area contributed by atoms with Crippen LogP contribution in [0.2, 0.25) is 0 Å². The summed E-state index contributed by atoms with van der Waals surface area (Å²) in [6.07, 6.45) is 2.83. The molecule has 0 spiro atoms. The van der Waals surface area contributed by atoms with E-state index in [-0.39, 0.29) is 0 Å². The fraction of sp³-hybridized carbons (Fsp3) is 0.500. The summed E-state index contributed by atoms with van der Waals surface area (Å²) in [5.74, 6) is 0.844. The van der Waals surface area contributed by atoms with Gasteiger partial charge in [-0.2, -0.15) is 0 Å². The van der Waals surface area contributed by atoms with Crippen LogP contribution < -0.4 is 4.74 Å². The molecular weight excluding hydrogens is 256 g/mol. The molecule has 0 bridgehead atoms.